The summed E-state index contributed by atoms with van der Waals surface area (Å²) in [5.41, 5.74) is 7.21. The van der Waals surface area contributed by atoms with E-state index < -0.39 is 0 Å². The zero-order valence-electron chi connectivity index (χ0n) is 12.7. The SMILES string of the molecule is CCC1CCCCN1CC1COc2ccc(F)cc2C1N. The first-order chi connectivity index (χ1) is 10.2. The maximum absolute atomic E-state index is 13.4. The molecule has 3 rings (SSSR count). The largest absolute Gasteiger partial charge is 0.493 e. The van der Waals surface area contributed by atoms with E-state index in [9.17, 15) is 4.39 Å². The molecule has 0 aliphatic carbocycles. The molecule has 3 unspecified atom stereocenters. The van der Waals surface area contributed by atoms with Crippen LogP contribution in [0.5, 0.6) is 5.75 Å². The summed E-state index contributed by atoms with van der Waals surface area (Å²) < 4.78 is 19.2. The number of fused-ring (bicyclic) bond motifs is 1. The van der Waals surface area contributed by atoms with E-state index in [1.807, 2.05) is 0 Å². The van der Waals surface area contributed by atoms with Gasteiger partial charge in [0.25, 0.3) is 0 Å². The van der Waals surface area contributed by atoms with Crippen LogP contribution in [0.4, 0.5) is 4.39 Å². The van der Waals surface area contributed by atoms with Crippen molar-refractivity contribution in [3.05, 3.63) is 29.6 Å². The molecule has 0 radical (unpaired) electrons. The van der Waals surface area contributed by atoms with Gasteiger partial charge in [0.1, 0.15) is 11.6 Å². The Bertz CT molecular complexity index is 494. The second kappa shape index (κ2) is 6.32. The lowest BCUT2D eigenvalue weighted by molar-refractivity contribution is 0.0850. The molecule has 3 nitrogen and oxygen atoms in total. The number of nitrogens with two attached hydrogens (primary N) is 1. The highest BCUT2D eigenvalue weighted by Crippen LogP contribution is 2.35. The Balaban J connectivity index is 1.72. The zero-order valence-corrected chi connectivity index (χ0v) is 12.7. The van der Waals surface area contributed by atoms with Gasteiger partial charge in [0.15, 0.2) is 0 Å². The van der Waals surface area contributed by atoms with Crippen LogP contribution in [0, 0.1) is 11.7 Å². The number of benzene rings is 1. The van der Waals surface area contributed by atoms with Crippen molar-refractivity contribution >= 4 is 0 Å². The summed E-state index contributed by atoms with van der Waals surface area (Å²) >= 11 is 0. The molecule has 4 heteroatoms. The van der Waals surface area contributed by atoms with E-state index in [4.69, 9.17) is 10.5 Å². The molecular formula is C17H25FN2O. The third-order valence-corrected chi connectivity index (χ3v) is 4.98. The smallest absolute Gasteiger partial charge is 0.124 e. The topological polar surface area (TPSA) is 38.5 Å². The fraction of sp³-hybridized carbons (Fsp3) is 0.647. The van der Waals surface area contributed by atoms with Gasteiger partial charge in [-0.15, -0.1) is 0 Å². The molecule has 21 heavy (non-hydrogen) atoms. The molecule has 0 amide bonds. The van der Waals surface area contributed by atoms with Crippen molar-refractivity contribution < 1.29 is 9.13 Å². The molecule has 0 bridgehead atoms. The normalized spacial score (nSPS) is 29.8. The minimum atomic E-state index is -0.238. The molecule has 1 aromatic rings. The number of halogens is 1. The third kappa shape index (κ3) is 3.06. The van der Waals surface area contributed by atoms with Crippen LogP contribution in [0.3, 0.4) is 0 Å². The fourth-order valence-electron chi connectivity index (χ4n) is 3.70. The lowest BCUT2D eigenvalue weighted by Crippen LogP contribution is -2.46. The van der Waals surface area contributed by atoms with Crippen LogP contribution in [0.1, 0.15) is 44.2 Å². The van der Waals surface area contributed by atoms with Gasteiger partial charge in [0.05, 0.1) is 6.61 Å². The average Bonchev–Trinajstić information content (AvgIpc) is 2.51. The molecule has 1 aromatic carbocycles. The van der Waals surface area contributed by atoms with E-state index in [1.54, 1.807) is 6.07 Å². The number of likely N-dealkylation sites (tertiary alicyclic amines) is 1. The molecule has 2 heterocycles. The monoisotopic (exact) mass is 292 g/mol. The highest BCUT2D eigenvalue weighted by atomic mass is 19.1. The van der Waals surface area contributed by atoms with Crippen LogP contribution < -0.4 is 10.5 Å². The molecule has 1 fully saturated rings. The molecule has 2 N–H and O–H groups in total. The molecule has 116 valence electrons. The zero-order chi connectivity index (χ0) is 14.8. The van der Waals surface area contributed by atoms with Crippen LogP contribution in [0.25, 0.3) is 0 Å². The van der Waals surface area contributed by atoms with Crippen LogP contribution in [-0.4, -0.2) is 30.6 Å². The van der Waals surface area contributed by atoms with Gasteiger partial charge in [-0.25, -0.2) is 4.39 Å². The molecule has 0 aromatic heterocycles. The number of rotatable bonds is 3. The predicted octanol–water partition coefficient (Wildman–Crippen LogP) is 3.10. The second-order valence-corrected chi connectivity index (χ2v) is 6.33. The Morgan fingerprint density at radius 3 is 3.05 bits per heavy atom. The fourth-order valence-corrected chi connectivity index (χ4v) is 3.70. The lowest BCUT2D eigenvalue weighted by atomic mass is 9.89. The van der Waals surface area contributed by atoms with E-state index in [-0.39, 0.29) is 17.8 Å². The van der Waals surface area contributed by atoms with Gasteiger partial charge in [-0.1, -0.05) is 13.3 Å². The number of hydrogen-bond donors (Lipinski definition) is 1. The summed E-state index contributed by atoms with van der Waals surface area (Å²) in [6, 6.07) is 5.18. The van der Waals surface area contributed by atoms with Crippen molar-refractivity contribution in [1.29, 1.82) is 0 Å². The molecule has 2 aliphatic rings. The maximum atomic E-state index is 13.4. The van der Waals surface area contributed by atoms with E-state index in [1.165, 1.54) is 37.8 Å². The second-order valence-electron chi connectivity index (χ2n) is 6.33. The Kier molecular flexibility index (Phi) is 4.45. The Morgan fingerprint density at radius 2 is 2.24 bits per heavy atom. The summed E-state index contributed by atoms with van der Waals surface area (Å²) in [6.07, 6.45) is 5.07. The van der Waals surface area contributed by atoms with Crippen LogP contribution in [0.15, 0.2) is 18.2 Å². The van der Waals surface area contributed by atoms with Gasteiger partial charge in [-0.3, -0.25) is 4.90 Å². The Hall–Kier alpha value is -1.13. The summed E-state index contributed by atoms with van der Waals surface area (Å²) in [4.78, 5) is 2.56. The van der Waals surface area contributed by atoms with E-state index in [0.29, 0.717) is 12.6 Å². The molecule has 3 atom stereocenters. The van der Waals surface area contributed by atoms with Crippen molar-refractivity contribution in [2.75, 3.05) is 19.7 Å². The van der Waals surface area contributed by atoms with E-state index in [0.717, 1.165) is 24.4 Å². The van der Waals surface area contributed by atoms with Crippen LogP contribution >= 0.6 is 0 Å². The first-order valence-corrected chi connectivity index (χ1v) is 8.11. The van der Waals surface area contributed by atoms with Crippen molar-refractivity contribution in [2.45, 2.75) is 44.7 Å². The standard InChI is InChI=1S/C17H25FN2O/c1-2-14-5-3-4-8-20(14)10-12-11-21-16-7-6-13(18)9-15(16)17(12)19/h6-7,9,12,14,17H,2-5,8,10-11,19H2,1H3. The van der Waals surface area contributed by atoms with E-state index in [2.05, 4.69) is 11.8 Å². The Morgan fingerprint density at radius 1 is 1.38 bits per heavy atom. The third-order valence-electron chi connectivity index (χ3n) is 4.98. The van der Waals surface area contributed by atoms with Crippen molar-refractivity contribution in [1.82, 2.24) is 4.90 Å². The quantitative estimate of drug-likeness (QED) is 0.930. The minimum absolute atomic E-state index is 0.135. The number of ether oxygens (including phenoxy) is 1. The molecule has 2 aliphatic heterocycles. The number of nitrogens with zero attached hydrogens (tertiary/aromatic N) is 1. The van der Waals surface area contributed by atoms with Gasteiger partial charge in [-0.05, 0) is 44.0 Å². The highest BCUT2D eigenvalue weighted by molar-refractivity contribution is 5.38. The average molecular weight is 292 g/mol. The summed E-state index contributed by atoms with van der Waals surface area (Å²) in [5, 5.41) is 0. The molecular weight excluding hydrogens is 267 g/mol. The molecule has 0 saturated carbocycles. The van der Waals surface area contributed by atoms with Gasteiger partial charge >= 0.3 is 0 Å². The first-order valence-electron chi connectivity index (χ1n) is 8.11. The van der Waals surface area contributed by atoms with Gasteiger partial charge in [0.2, 0.25) is 0 Å². The van der Waals surface area contributed by atoms with Gasteiger partial charge in [-0.2, -0.15) is 0 Å². The molecule has 1 saturated heterocycles. The van der Waals surface area contributed by atoms with Crippen LogP contribution in [-0.2, 0) is 0 Å². The summed E-state index contributed by atoms with van der Waals surface area (Å²) in [6.45, 7) is 4.99. The first kappa shape index (κ1) is 14.8. The minimum Gasteiger partial charge on any atom is -0.493 e. The lowest BCUT2D eigenvalue weighted by Gasteiger charge is -2.40. The van der Waals surface area contributed by atoms with Gasteiger partial charge in [0, 0.05) is 30.1 Å². The number of hydrogen-bond acceptors (Lipinski definition) is 3. The van der Waals surface area contributed by atoms with Crippen molar-refractivity contribution in [3.63, 3.8) is 0 Å². The van der Waals surface area contributed by atoms with Crippen molar-refractivity contribution in [3.8, 4) is 5.75 Å². The summed E-state index contributed by atoms with van der Waals surface area (Å²) in [7, 11) is 0. The van der Waals surface area contributed by atoms with Gasteiger partial charge < -0.3 is 10.5 Å². The Labute approximate surface area is 126 Å². The van der Waals surface area contributed by atoms with Crippen molar-refractivity contribution in [2.24, 2.45) is 11.7 Å². The van der Waals surface area contributed by atoms with E-state index >= 15 is 0 Å². The summed E-state index contributed by atoms with van der Waals surface area (Å²) in [5.74, 6) is 0.746. The van der Waals surface area contributed by atoms with Crippen LogP contribution in [0.2, 0.25) is 0 Å². The highest BCUT2D eigenvalue weighted by Gasteiger charge is 2.32. The predicted molar refractivity (Wildman–Crippen MR) is 81.8 cm³/mol. The maximum Gasteiger partial charge on any atom is 0.124 e. The molecule has 0 spiro atoms. The number of piperidine rings is 1.